The summed E-state index contributed by atoms with van der Waals surface area (Å²) in [6.45, 7) is 12.6. The average Bonchev–Trinajstić information content (AvgIpc) is 2.98. The summed E-state index contributed by atoms with van der Waals surface area (Å²) < 4.78 is 0. The summed E-state index contributed by atoms with van der Waals surface area (Å²) in [4.78, 5) is 0. The SMILES string of the molecule is CC(C)CCC[C@@H](C)[C@H]1CC[C@H]2[C@@H]3CCC4CCC(O)C[C@]4(C)[C@H]3CC[C@]12C. The molecule has 0 aromatic carbocycles. The smallest absolute Gasteiger partial charge is 0.0545 e. The van der Waals surface area contributed by atoms with Gasteiger partial charge in [-0.1, -0.05) is 53.9 Å². The molecule has 0 aliphatic heterocycles. The van der Waals surface area contributed by atoms with Crippen LogP contribution >= 0.6 is 0 Å². The normalized spacial score (nSPS) is 49.4. The molecule has 4 aliphatic carbocycles. The number of rotatable bonds is 5. The van der Waals surface area contributed by atoms with E-state index in [-0.39, 0.29) is 6.10 Å². The van der Waals surface area contributed by atoms with Gasteiger partial charge in [0.2, 0.25) is 0 Å². The minimum absolute atomic E-state index is 0.0226. The molecule has 4 aliphatic rings. The van der Waals surface area contributed by atoms with Crippen molar-refractivity contribution in [2.45, 2.75) is 118 Å². The van der Waals surface area contributed by atoms with Gasteiger partial charge in [-0.25, -0.2) is 0 Å². The fourth-order valence-electron chi connectivity index (χ4n) is 9.35. The molecule has 0 aromatic heterocycles. The zero-order valence-corrected chi connectivity index (χ0v) is 19.6. The van der Waals surface area contributed by atoms with Crippen LogP contribution in [0.2, 0.25) is 0 Å². The highest BCUT2D eigenvalue weighted by Crippen LogP contribution is 2.68. The van der Waals surface area contributed by atoms with Crippen molar-refractivity contribution >= 4 is 0 Å². The van der Waals surface area contributed by atoms with Gasteiger partial charge in [-0.2, -0.15) is 0 Å². The summed E-state index contributed by atoms with van der Waals surface area (Å²) in [5, 5.41) is 10.5. The van der Waals surface area contributed by atoms with Gasteiger partial charge in [0.05, 0.1) is 6.10 Å². The third-order valence-corrected chi connectivity index (χ3v) is 10.8. The first-order chi connectivity index (χ1) is 13.3. The number of hydrogen-bond acceptors (Lipinski definition) is 1. The molecule has 1 N–H and O–H groups in total. The first-order valence-corrected chi connectivity index (χ1v) is 12.9. The molecule has 4 fully saturated rings. The van der Waals surface area contributed by atoms with E-state index < -0.39 is 0 Å². The van der Waals surface area contributed by atoms with Gasteiger partial charge < -0.3 is 5.11 Å². The second kappa shape index (κ2) is 7.90. The Morgan fingerprint density at radius 1 is 0.821 bits per heavy atom. The Bertz CT molecular complexity index is 540. The van der Waals surface area contributed by atoms with Gasteiger partial charge in [-0.3, -0.25) is 0 Å². The lowest BCUT2D eigenvalue weighted by Crippen LogP contribution is -2.54. The van der Waals surface area contributed by atoms with Crippen LogP contribution in [0.5, 0.6) is 0 Å². The van der Waals surface area contributed by atoms with E-state index in [1.165, 1.54) is 64.2 Å². The van der Waals surface area contributed by atoms with Crippen molar-refractivity contribution in [2.24, 2.45) is 52.3 Å². The highest BCUT2D eigenvalue weighted by atomic mass is 16.3. The maximum absolute atomic E-state index is 10.5. The summed E-state index contributed by atoms with van der Waals surface area (Å²) in [6.07, 6.45) is 16.6. The van der Waals surface area contributed by atoms with E-state index in [2.05, 4.69) is 34.6 Å². The molecule has 1 heteroatoms. The molecule has 0 bridgehead atoms. The average molecular weight is 389 g/mol. The standard InChI is InChI=1S/C27H48O/c1-18(2)7-6-8-19(3)23-13-14-24-22-12-10-20-9-11-21(28)17-27(20,5)25(22)15-16-26(23,24)4/h18-25,28H,6-17H2,1-5H3/t19-,20?,21?,22+,23-,24+,25+,26-,27+/m1/s1. The van der Waals surface area contributed by atoms with E-state index in [0.717, 1.165) is 54.3 Å². The third kappa shape index (κ3) is 3.50. The second-order valence-corrected chi connectivity index (χ2v) is 12.6. The highest BCUT2D eigenvalue weighted by Gasteiger charge is 2.60. The molecule has 1 nitrogen and oxygen atoms in total. The summed E-state index contributed by atoms with van der Waals surface area (Å²) in [5.41, 5.74) is 1.04. The van der Waals surface area contributed by atoms with Crippen LogP contribution in [-0.2, 0) is 0 Å². The molecular formula is C27H48O. The lowest BCUT2D eigenvalue weighted by molar-refractivity contribution is -0.132. The van der Waals surface area contributed by atoms with Crippen LogP contribution < -0.4 is 0 Å². The van der Waals surface area contributed by atoms with E-state index in [4.69, 9.17) is 0 Å². The predicted octanol–water partition coefficient (Wildman–Crippen LogP) is 7.47. The van der Waals surface area contributed by atoms with Crippen molar-refractivity contribution in [3.63, 3.8) is 0 Å². The maximum atomic E-state index is 10.5. The first-order valence-electron chi connectivity index (χ1n) is 12.9. The molecule has 0 spiro atoms. The molecule has 28 heavy (non-hydrogen) atoms. The molecule has 162 valence electrons. The third-order valence-electron chi connectivity index (χ3n) is 10.8. The molecule has 2 unspecified atom stereocenters. The van der Waals surface area contributed by atoms with Crippen LogP contribution in [0.4, 0.5) is 0 Å². The van der Waals surface area contributed by atoms with Crippen LogP contribution in [0.15, 0.2) is 0 Å². The van der Waals surface area contributed by atoms with Gasteiger partial charge in [0.1, 0.15) is 0 Å². The Morgan fingerprint density at radius 3 is 2.29 bits per heavy atom. The summed E-state index contributed by atoms with van der Waals surface area (Å²) >= 11 is 0. The minimum atomic E-state index is -0.0226. The fraction of sp³-hybridized carbons (Fsp3) is 1.00. The highest BCUT2D eigenvalue weighted by molar-refractivity contribution is 5.09. The van der Waals surface area contributed by atoms with Gasteiger partial charge in [-0.15, -0.1) is 0 Å². The van der Waals surface area contributed by atoms with Gasteiger partial charge in [0.15, 0.2) is 0 Å². The Kier molecular flexibility index (Phi) is 5.98. The van der Waals surface area contributed by atoms with Crippen molar-refractivity contribution in [3.8, 4) is 0 Å². The number of aliphatic hydroxyl groups excluding tert-OH is 1. The number of hydrogen-bond donors (Lipinski definition) is 1. The summed E-state index contributed by atoms with van der Waals surface area (Å²) in [5.74, 6) is 6.46. The zero-order valence-electron chi connectivity index (χ0n) is 19.6. The van der Waals surface area contributed by atoms with Crippen molar-refractivity contribution in [2.75, 3.05) is 0 Å². The lowest BCUT2D eigenvalue weighted by Gasteiger charge is -2.61. The van der Waals surface area contributed by atoms with Crippen LogP contribution in [-0.4, -0.2) is 11.2 Å². The lowest BCUT2D eigenvalue weighted by atomic mass is 9.44. The molecule has 0 saturated heterocycles. The number of fused-ring (bicyclic) bond motifs is 5. The molecule has 0 amide bonds. The zero-order chi connectivity index (χ0) is 20.1. The minimum Gasteiger partial charge on any atom is -0.393 e. The Labute approximate surface area is 175 Å². The van der Waals surface area contributed by atoms with Gasteiger partial charge in [0.25, 0.3) is 0 Å². The van der Waals surface area contributed by atoms with E-state index in [0.29, 0.717) is 10.8 Å². The Morgan fingerprint density at radius 2 is 1.54 bits per heavy atom. The second-order valence-electron chi connectivity index (χ2n) is 12.6. The van der Waals surface area contributed by atoms with E-state index in [1.807, 2.05) is 0 Å². The Balaban J connectivity index is 1.47. The quantitative estimate of drug-likeness (QED) is 0.518. The van der Waals surface area contributed by atoms with Crippen molar-refractivity contribution in [1.82, 2.24) is 0 Å². The van der Waals surface area contributed by atoms with Crippen molar-refractivity contribution < 1.29 is 5.11 Å². The molecular weight excluding hydrogens is 340 g/mol. The van der Waals surface area contributed by atoms with Crippen LogP contribution in [0.1, 0.15) is 112 Å². The van der Waals surface area contributed by atoms with Crippen LogP contribution in [0.25, 0.3) is 0 Å². The van der Waals surface area contributed by atoms with Crippen LogP contribution in [0, 0.1) is 52.3 Å². The Hall–Kier alpha value is -0.0400. The fourth-order valence-corrected chi connectivity index (χ4v) is 9.35. The molecule has 0 radical (unpaired) electrons. The molecule has 4 rings (SSSR count). The topological polar surface area (TPSA) is 20.2 Å². The summed E-state index contributed by atoms with van der Waals surface area (Å²) in [7, 11) is 0. The van der Waals surface area contributed by atoms with E-state index >= 15 is 0 Å². The van der Waals surface area contributed by atoms with Crippen LogP contribution in [0.3, 0.4) is 0 Å². The maximum Gasteiger partial charge on any atom is 0.0545 e. The molecule has 9 atom stereocenters. The monoisotopic (exact) mass is 388 g/mol. The van der Waals surface area contributed by atoms with Gasteiger partial charge in [-0.05, 0) is 110 Å². The largest absolute Gasteiger partial charge is 0.393 e. The molecule has 0 aromatic rings. The summed E-state index contributed by atoms with van der Waals surface area (Å²) in [6, 6.07) is 0. The van der Waals surface area contributed by atoms with Crippen molar-refractivity contribution in [3.05, 3.63) is 0 Å². The predicted molar refractivity (Wildman–Crippen MR) is 119 cm³/mol. The van der Waals surface area contributed by atoms with Crippen molar-refractivity contribution in [1.29, 1.82) is 0 Å². The number of aliphatic hydroxyl groups is 1. The molecule has 4 saturated carbocycles. The molecule has 0 heterocycles. The van der Waals surface area contributed by atoms with E-state index in [9.17, 15) is 5.11 Å². The van der Waals surface area contributed by atoms with Gasteiger partial charge >= 0.3 is 0 Å². The van der Waals surface area contributed by atoms with Gasteiger partial charge in [0, 0.05) is 0 Å². The van der Waals surface area contributed by atoms with E-state index in [1.54, 1.807) is 0 Å². The first kappa shape index (κ1) is 21.2.